The summed E-state index contributed by atoms with van der Waals surface area (Å²) < 4.78 is 1.70. The zero-order chi connectivity index (χ0) is 18.5. The molecule has 0 aliphatic heterocycles. The number of carbonyl (C=O) groups excluding carboxylic acids is 1. The average molecular weight is 367 g/mol. The molecule has 7 heteroatoms. The van der Waals surface area contributed by atoms with E-state index < -0.39 is 0 Å². The number of tetrazole rings is 1. The fraction of sp³-hybridized carbons (Fsp3) is 0.263. The molecule has 0 fully saturated rings. The zero-order valence-corrected chi connectivity index (χ0v) is 15.8. The van der Waals surface area contributed by atoms with Crippen LogP contribution in [0.1, 0.15) is 23.6 Å². The van der Waals surface area contributed by atoms with Crippen molar-refractivity contribution in [1.29, 1.82) is 0 Å². The number of hydrogen-bond acceptors (Lipinski definition) is 5. The van der Waals surface area contributed by atoms with Crippen molar-refractivity contribution in [3.05, 3.63) is 65.2 Å². The first kappa shape index (κ1) is 18.1. The van der Waals surface area contributed by atoms with Crippen molar-refractivity contribution in [3.8, 4) is 5.69 Å². The molecule has 1 atom stereocenters. The van der Waals surface area contributed by atoms with Gasteiger partial charge in [0.1, 0.15) is 0 Å². The van der Waals surface area contributed by atoms with Gasteiger partial charge in [-0.15, -0.1) is 5.10 Å². The largest absolute Gasteiger partial charge is 0.351 e. The van der Waals surface area contributed by atoms with E-state index >= 15 is 0 Å². The van der Waals surface area contributed by atoms with Crippen LogP contribution in [0.25, 0.3) is 5.69 Å². The molecule has 0 unspecified atom stereocenters. The molecule has 0 bridgehead atoms. The van der Waals surface area contributed by atoms with Crippen LogP contribution in [0.3, 0.4) is 0 Å². The Morgan fingerprint density at radius 1 is 1.12 bits per heavy atom. The molecule has 1 N–H and O–H groups in total. The van der Waals surface area contributed by atoms with Gasteiger partial charge in [0.2, 0.25) is 11.1 Å². The highest BCUT2D eigenvalue weighted by atomic mass is 32.2. The Bertz CT molecular complexity index is 874. The Hall–Kier alpha value is -2.67. The van der Waals surface area contributed by atoms with E-state index in [9.17, 15) is 4.79 Å². The highest BCUT2D eigenvalue weighted by molar-refractivity contribution is 8.00. The normalized spacial score (nSPS) is 12.0. The maximum atomic E-state index is 12.4. The summed E-state index contributed by atoms with van der Waals surface area (Å²) >= 11 is 1.35. The van der Waals surface area contributed by atoms with Gasteiger partial charge in [0, 0.05) is 6.54 Å². The highest BCUT2D eigenvalue weighted by Crippen LogP contribution is 2.26. The third kappa shape index (κ3) is 4.11. The van der Waals surface area contributed by atoms with Crippen LogP contribution in [-0.4, -0.2) is 31.4 Å². The lowest BCUT2D eigenvalue weighted by atomic mass is 10.1. The van der Waals surface area contributed by atoms with Crippen molar-refractivity contribution in [2.45, 2.75) is 37.7 Å². The molecule has 0 radical (unpaired) electrons. The van der Waals surface area contributed by atoms with Gasteiger partial charge in [0.05, 0.1) is 10.9 Å². The molecule has 0 spiro atoms. The van der Waals surface area contributed by atoms with Gasteiger partial charge in [-0.3, -0.25) is 4.79 Å². The van der Waals surface area contributed by atoms with Gasteiger partial charge in [-0.05, 0) is 47.9 Å². The number of benzene rings is 2. The summed E-state index contributed by atoms with van der Waals surface area (Å²) in [4.78, 5) is 12.4. The predicted molar refractivity (Wildman–Crippen MR) is 102 cm³/mol. The van der Waals surface area contributed by atoms with Gasteiger partial charge >= 0.3 is 0 Å². The number of aromatic nitrogens is 4. The SMILES string of the molecule is Cc1cccc(C)c1-n1nnnc1S[C@H](C)C(=O)NCc1ccccc1. The van der Waals surface area contributed by atoms with Crippen molar-refractivity contribution in [2.24, 2.45) is 0 Å². The van der Waals surface area contributed by atoms with Gasteiger partial charge in [0.15, 0.2) is 0 Å². The molecule has 26 heavy (non-hydrogen) atoms. The summed E-state index contributed by atoms with van der Waals surface area (Å²) in [5.41, 5.74) is 4.19. The molecule has 1 aromatic heterocycles. The van der Waals surface area contributed by atoms with Gasteiger partial charge in [0.25, 0.3) is 0 Å². The molecule has 1 amide bonds. The van der Waals surface area contributed by atoms with Crippen LogP contribution in [-0.2, 0) is 11.3 Å². The van der Waals surface area contributed by atoms with Crippen LogP contribution in [0.15, 0.2) is 53.7 Å². The molecular formula is C19H21N5OS. The molecular weight excluding hydrogens is 346 g/mol. The number of nitrogens with one attached hydrogen (secondary N) is 1. The van der Waals surface area contributed by atoms with Crippen LogP contribution < -0.4 is 5.32 Å². The lowest BCUT2D eigenvalue weighted by Gasteiger charge is -2.13. The molecule has 1 heterocycles. The van der Waals surface area contributed by atoms with E-state index in [1.54, 1.807) is 4.68 Å². The second-order valence-corrected chi connectivity index (χ2v) is 7.39. The molecule has 3 rings (SSSR count). The summed E-state index contributed by atoms with van der Waals surface area (Å²) in [7, 11) is 0. The summed E-state index contributed by atoms with van der Waals surface area (Å²) in [5, 5.41) is 15.3. The van der Waals surface area contributed by atoms with E-state index in [0.29, 0.717) is 11.7 Å². The Kier molecular flexibility index (Phi) is 5.68. The molecule has 6 nitrogen and oxygen atoms in total. The number of carbonyl (C=O) groups is 1. The van der Waals surface area contributed by atoms with Gasteiger partial charge < -0.3 is 5.32 Å². The first-order valence-electron chi connectivity index (χ1n) is 8.39. The Morgan fingerprint density at radius 2 is 1.81 bits per heavy atom. The topological polar surface area (TPSA) is 72.7 Å². The van der Waals surface area contributed by atoms with Crippen LogP contribution >= 0.6 is 11.8 Å². The Morgan fingerprint density at radius 3 is 2.50 bits per heavy atom. The van der Waals surface area contributed by atoms with Gasteiger partial charge in [-0.2, -0.15) is 4.68 Å². The molecule has 2 aromatic carbocycles. The average Bonchev–Trinajstić information content (AvgIpc) is 3.08. The predicted octanol–water partition coefficient (Wildman–Crippen LogP) is 3.08. The molecule has 0 aliphatic rings. The van der Waals surface area contributed by atoms with Crippen molar-refractivity contribution >= 4 is 17.7 Å². The fourth-order valence-electron chi connectivity index (χ4n) is 2.67. The number of amides is 1. The summed E-state index contributed by atoms with van der Waals surface area (Å²) in [5.74, 6) is -0.0464. The summed E-state index contributed by atoms with van der Waals surface area (Å²) in [6, 6.07) is 15.9. The molecule has 0 saturated heterocycles. The number of rotatable bonds is 6. The maximum Gasteiger partial charge on any atom is 0.233 e. The van der Waals surface area contributed by atoms with E-state index in [1.807, 2.05) is 69.3 Å². The van der Waals surface area contributed by atoms with E-state index in [0.717, 1.165) is 22.4 Å². The number of aryl methyl sites for hydroxylation is 2. The van der Waals surface area contributed by atoms with Crippen LogP contribution in [0, 0.1) is 13.8 Å². The van der Waals surface area contributed by atoms with Crippen LogP contribution in [0.5, 0.6) is 0 Å². The van der Waals surface area contributed by atoms with E-state index in [1.165, 1.54) is 11.8 Å². The number of para-hydroxylation sites is 1. The second-order valence-electron chi connectivity index (χ2n) is 6.08. The first-order chi connectivity index (χ1) is 12.6. The molecule has 3 aromatic rings. The number of nitrogens with zero attached hydrogens (tertiary/aromatic N) is 4. The molecule has 134 valence electrons. The van der Waals surface area contributed by atoms with Gasteiger partial charge in [-0.1, -0.05) is 60.3 Å². The smallest absolute Gasteiger partial charge is 0.233 e. The van der Waals surface area contributed by atoms with Gasteiger partial charge in [-0.25, -0.2) is 0 Å². The standard InChI is InChI=1S/C19H21N5OS/c1-13-8-7-9-14(2)17(13)24-19(21-22-23-24)26-15(3)18(25)20-12-16-10-5-4-6-11-16/h4-11,15H,12H2,1-3H3,(H,20,25)/t15-/m1/s1. The minimum Gasteiger partial charge on any atom is -0.351 e. The minimum absolute atomic E-state index is 0.0464. The minimum atomic E-state index is -0.312. The monoisotopic (exact) mass is 367 g/mol. The fourth-order valence-corrected chi connectivity index (χ4v) is 3.49. The lowest BCUT2D eigenvalue weighted by molar-refractivity contribution is -0.120. The van der Waals surface area contributed by atoms with E-state index in [2.05, 4.69) is 20.8 Å². The van der Waals surface area contributed by atoms with E-state index in [-0.39, 0.29) is 11.2 Å². The van der Waals surface area contributed by atoms with E-state index in [4.69, 9.17) is 0 Å². The van der Waals surface area contributed by atoms with Crippen molar-refractivity contribution < 1.29 is 4.79 Å². The lowest BCUT2D eigenvalue weighted by Crippen LogP contribution is -2.30. The summed E-state index contributed by atoms with van der Waals surface area (Å²) in [6.45, 7) is 6.41. The van der Waals surface area contributed by atoms with Crippen LogP contribution in [0.2, 0.25) is 0 Å². The van der Waals surface area contributed by atoms with Crippen LogP contribution in [0.4, 0.5) is 0 Å². The Labute approximate surface area is 157 Å². The van der Waals surface area contributed by atoms with Crippen molar-refractivity contribution in [2.75, 3.05) is 0 Å². The maximum absolute atomic E-state index is 12.4. The third-order valence-electron chi connectivity index (χ3n) is 4.05. The zero-order valence-electron chi connectivity index (χ0n) is 15.0. The third-order valence-corrected chi connectivity index (χ3v) is 5.09. The quantitative estimate of drug-likeness (QED) is 0.678. The number of hydrogen-bond donors (Lipinski definition) is 1. The first-order valence-corrected chi connectivity index (χ1v) is 9.27. The second kappa shape index (κ2) is 8.14. The van der Waals surface area contributed by atoms with Crippen molar-refractivity contribution in [1.82, 2.24) is 25.5 Å². The number of thioether (sulfide) groups is 1. The Balaban J connectivity index is 1.70. The molecule has 0 aliphatic carbocycles. The van der Waals surface area contributed by atoms with Crippen molar-refractivity contribution in [3.63, 3.8) is 0 Å². The summed E-state index contributed by atoms with van der Waals surface area (Å²) in [6.07, 6.45) is 0. The highest BCUT2D eigenvalue weighted by Gasteiger charge is 2.20. The molecule has 0 saturated carbocycles.